The zero-order chi connectivity index (χ0) is 13.5. The fraction of sp³-hybridized carbons (Fsp3) is 0.357. The predicted molar refractivity (Wildman–Crippen MR) is 71.2 cm³/mol. The van der Waals surface area contributed by atoms with Crippen molar-refractivity contribution in [3.8, 4) is 11.5 Å². The van der Waals surface area contributed by atoms with Gasteiger partial charge in [0.15, 0.2) is 11.5 Å². The van der Waals surface area contributed by atoms with Gasteiger partial charge in [0.1, 0.15) is 6.26 Å². The van der Waals surface area contributed by atoms with Gasteiger partial charge in [0.05, 0.1) is 19.4 Å². The monoisotopic (exact) mass is 262 g/mol. The van der Waals surface area contributed by atoms with Crippen LogP contribution in [0.15, 0.2) is 35.1 Å². The third kappa shape index (κ3) is 3.72. The Morgan fingerprint density at radius 3 is 2.79 bits per heavy atom. The van der Waals surface area contributed by atoms with Crippen LogP contribution in [0, 0.1) is 0 Å². The summed E-state index contributed by atoms with van der Waals surface area (Å²) in [6.45, 7) is 3.98. The number of nitrogens with zero attached hydrogens (tertiary/aromatic N) is 1. The minimum atomic E-state index is 0.625. The summed E-state index contributed by atoms with van der Waals surface area (Å²) in [4.78, 5) is 0. The Hall–Kier alpha value is -2.01. The zero-order valence-corrected chi connectivity index (χ0v) is 11.2. The minimum absolute atomic E-state index is 0.625. The molecule has 102 valence electrons. The average molecular weight is 262 g/mol. The second kappa shape index (κ2) is 6.80. The summed E-state index contributed by atoms with van der Waals surface area (Å²) in [6.07, 6.45) is 1.57. The highest BCUT2D eigenvalue weighted by atomic mass is 16.5. The molecule has 0 saturated heterocycles. The SMILES string of the molecule is CCOc1ccc(CNCc2ccon2)cc1OC. The van der Waals surface area contributed by atoms with Crippen molar-refractivity contribution in [2.75, 3.05) is 13.7 Å². The molecule has 0 unspecified atom stereocenters. The van der Waals surface area contributed by atoms with E-state index >= 15 is 0 Å². The van der Waals surface area contributed by atoms with Gasteiger partial charge >= 0.3 is 0 Å². The number of aromatic nitrogens is 1. The lowest BCUT2D eigenvalue weighted by molar-refractivity contribution is 0.310. The molecule has 2 rings (SSSR count). The van der Waals surface area contributed by atoms with Crippen LogP contribution < -0.4 is 14.8 Å². The molecule has 0 amide bonds. The highest BCUT2D eigenvalue weighted by Crippen LogP contribution is 2.27. The molecule has 0 spiro atoms. The standard InChI is InChI=1S/C14H18N2O3/c1-3-18-13-5-4-11(8-14(13)17-2)9-15-10-12-6-7-19-16-12/h4-8,15H,3,9-10H2,1-2H3. The van der Waals surface area contributed by atoms with Crippen molar-refractivity contribution in [2.45, 2.75) is 20.0 Å². The predicted octanol–water partition coefficient (Wildman–Crippen LogP) is 2.37. The van der Waals surface area contributed by atoms with Crippen LogP contribution >= 0.6 is 0 Å². The molecule has 1 N–H and O–H groups in total. The number of benzene rings is 1. The molecule has 0 atom stereocenters. The summed E-state index contributed by atoms with van der Waals surface area (Å²) >= 11 is 0. The number of methoxy groups -OCH3 is 1. The van der Waals surface area contributed by atoms with Gasteiger partial charge in [-0.3, -0.25) is 0 Å². The van der Waals surface area contributed by atoms with E-state index < -0.39 is 0 Å². The van der Waals surface area contributed by atoms with E-state index in [-0.39, 0.29) is 0 Å². The normalized spacial score (nSPS) is 10.4. The highest BCUT2D eigenvalue weighted by Gasteiger charge is 2.05. The van der Waals surface area contributed by atoms with E-state index in [1.54, 1.807) is 13.4 Å². The maximum Gasteiger partial charge on any atom is 0.161 e. The maximum atomic E-state index is 5.48. The first-order chi connectivity index (χ1) is 9.33. The van der Waals surface area contributed by atoms with Crippen molar-refractivity contribution in [3.63, 3.8) is 0 Å². The van der Waals surface area contributed by atoms with E-state index in [4.69, 9.17) is 14.0 Å². The largest absolute Gasteiger partial charge is 0.493 e. The van der Waals surface area contributed by atoms with Gasteiger partial charge in [-0.1, -0.05) is 11.2 Å². The zero-order valence-electron chi connectivity index (χ0n) is 11.2. The van der Waals surface area contributed by atoms with E-state index in [9.17, 15) is 0 Å². The lowest BCUT2D eigenvalue weighted by Crippen LogP contribution is -2.13. The molecule has 0 aliphatic heterocycles. The summed E-state index contributed by atoms with van der Waals surface area (Å²) in [5, 5.41) is 7.13. The topological polar surface area (TPSA) is 56.5 Å². The molecular formula is C14H18N2O3. The van der Waals surface area contributed by atoms with Crippen LogP contribution in [-0.2, 0) is 13.1 Å². The molecule has 19 heavy (non-hydrogen) atoms. The fourth-order valence-electron chi connectivity index (χ4n) is 1.76. The van der Waals surface area contributed by atoms with Gasteiger partial charge in [-0.05, 0) is 24.6 Å². The second-order valence-corrected chi connectivity index (χ2v) is 4.01. The van der Waals surface area contributed by atoms with E-state index in [0.717, 1.165) is 29.3 Å². The summed E-state index contributed by atoms with van der Waals surface area (Å²) in [5.41, 5.74) is 2.02. The smallest absolute Gasteiger partial charge is 0.161 e. The molecular weight excluding hydrogens is 244 g/mol. The van der Waals surface area contributed by atoms with E-state index in [1.165, 1.54) is 0 Å². The number of hydrogen-bond acceptors (Lipinski definition) is 5. The van der Waals surface area contributed by atoms with Gasteiger partial charge in [0.25, 0.3) is 0 Å². The van der Waals surface area contributed by atoms with E-state index in [1.807, 2.05) is 31.2 Å². The summed E-state index contributed by atoms with van der Waals surface area (Å²) in [6, 6.07) is 7.76. The third-order valence-corrected chi connectivity index (χ3v) is 2.65. The average Bonchev–Trinajstić information content (AvgIpc) is 2.94. The molecule has 0 bridgehead atoms. The van der Waals surface area contributed by atoms with Crippen molar-refractivity contribution < 1.29 is 14.0 Å². The van der Waals surface area contributed by atoms with E-state index in [0.29, 0.717) is 13.2 Å². The van der Waals surface area contributed by atoms with Crippen LogP contribution in [0.3, 0.4) is 0 Å². The van der Waals surface area contributed by atoms with Gasteiger partial charge in [0, 0.05) is 19.2 Å². The number of nitrogens with one attached hydrogen (secondary N) is 1. The van der Waals surface area contributed by atoms with Crippen molar-refractivity contribution in [3.05, 3.63) is 41.8 Å². The Morgan fingerprint density at radius 2 is 2.11 bits per heavy atom. The molecule has 0 fully saturated rings. The van der Waals surface area contributed by atoms with Gasteiger partial charge in [-0.25, -0.2) is 0 Å². The number of ether oxygens (including phenoxy) is 2. The first kappa shape index (κ1) is 13.4. The van der Waals surface area contributed by atoms with Crippen LogP contribution in [0.25, 0.3) is 0 Å². The summed E-state index contributed by atoms with van der Waals surface area (Å²) in [5.74, 6) is 1.52. The lowest BCUT2D eigenvalue weighted by atomic mass is 10.2. The van der Waals surface area contributed by atoms with Crippen LogP contribution in [0.4, 0.5) is 0 Å². The molecule has 1 heterocycles. The highest BCUT2D eigenvalue weighted by molar-refractivity contribution is 5.42. The minimum Gasteiger partial charge on any atom is -0.493 e. The maximum absolute atomic E-state index is 5.48. The molecule has 1 aromatic heterocycles. The van der Waals surface area contributed by atoms with Crippen LogP contribution in [0.5, 0.6) is 11.5 Å². The van der Waals surface area contributed by atoms with Gasteiger partial charge in [-0.15, -0.1) is 0 Å². The Kier molecular flexibility index (Phi) is 4.80. The van der Waals surface area contributed by atoms with Crippen molar-refractivity contribution in [1.29, 1.82) is 0 Å². The van der Waals surface area contributed by atoms with Crippen LogP contribution in [0.2, 0.25) is 0 Å². The Balaban J connectivity index is 1.93. The quantitative estimate of drug-likeness (QED) is 0.830. The van der Waals surface area contributed by atoms with Gasteiger partial charge in [-0.2, -0.15) is 0 Å². The fourth-order valence-corrected chi connectivity index (χ4v) is 1.76. The van der Waals surface area contributed by atoms with Crippen LogP contribution in [0.1, 0.15) is 18.2 Å². The van der Waals surface area contributed by atoms with Crippen molar-refractivity contribution >= 4 is 0 Å². The Morgan fingerprint density at radius 1 is 1.21 bits per heavy atom. The van der Waals surface area contributed by atoms with Crippen LogP contribution in [-0.4, -0.2) is 18.9 Å². The Labute approximate surface area is 112 Å². The van der Waals surface area contributed by atoms with Crippen molar-refractivity contribution in [1.82, 2.24) is 10.5 Å². The molecule has 2 aromatic rings. The molecule has 0 radical (unpaired) electrons. The molecule has 1 aromatic carbocycles. The molecule has 5 heteroatoms. The third-order valence-electron chi connectivity index (χ3n) is 2.65. The van der Waals surface area contributed by atoms with E-state index in [2.05, 4.69) is 10.5 Å². The number of rotatable bonds is 7. The molecule has 0 aliphatic rings. The first-order valence-corrected chi connectivity index (χ1v) is 6.23. The van der Waals surface area contributed by atoms with Gasteiger partial charge in [0.2, 0.25) is 0 Å². The summed E-state index contributed by atoms with van der Waals surface area (Å²) in [7, 11) is 1.64. The molecule has 0 aliphatic carbocycles. The second-order valence-electron chi connectivity index (χ2n) is 4.01. The van der Waals surface area contributed by atoms with Gasteiger partial charge < -0.3 is 19.3 Å². The first-order valence-electron chi connectivity index (χ1n) is 6.23. The molecule has 5 nitrogen and oxygen atoms in total. The lowest BCUT2D eigenvalue weighted by Gasteiger charge is -2.11. The molecule has 0 saturated carbocycles. The van der Waals surface area contributed by atoms with Crippen molar-refractivity contribution in [2.24, 2.45) is 0 Å². The number of hydrogen-bond donors (Lipinski definition) is 1. The Bertz CT molecular complexity index is 497. The summed E-state index contributed by atoms with van der Waals surface area (Å²) < 4.78 is 15.6.